The molecule has 0 aliphatic heterocycles. The van der Waals surface area contributed by atoms with E-state index < -0.39 is 5.97 Å². The predicted molar refractivity (Wildman–Crippen MR) is 106 cm³/mol. The third kappa shape index (κ3) is 5.38. The Morgan fingerprint density at radius 3 is 2.57 bits per heavy atom. The van der Waals surface area contributed by atoms with Crippen LogP contribution in [0.1, 0.15) is 28.5 Å². The topological polar surface area (TPSA) is 86.1 Å². The van der Waals surface area contributed by atoms with Gasteiger partial charge in [0.2, 0.25) is 0 Å². The van der Waals surface area contributed by atoms with E-state index in [1.54, 1.807) is 48.1 Å². The van der Waals surface area contributed by atoms with Gasteiger partial charge >= 0.3 is 5.97 Å². The molecular weight excluding hydrogens is 356 g/mol. The van der Waals surface area contributed by atoms with E-state index in [1.807, 2.05) is 30.3 Å². The van der Waals surface area contributed by atoms with Gasteiger partial charge in [0.05, 0.1) is 19.3 Å². The smallest absolute Gasteiger partial charge is 0.330 e. The molecule has 0 aliphatic carbocycles. The molecule has 0 saturated carbocycles. The summed E-state index contributed by atoms with van der Waals surface area (Å²) in [6.07, 6.45) is 4.62. The number of ether oxygens (including phenoxy) is 1. The summed E-state index contributed by atoms with van der Waals surface area (Å²) in [5.41, 5.74) is 2.75. The first-order valence-electron chi connectivity index (χ1n) is 8.84. The van der Waals surface area contributed by atoms with Gasteiger partial charge in [0, 0.05) is 11.8 Å². The van der Waals surface area contributed by atoms with Gasteiger partial charge in [0.1, 0.15) is 0 Å². The van der Waals surface area contributed by atoms with E-state index in [9.17, 15) is 9.59 Å². The fraction of sp³-hybridized carbons (Fsp3) is 0.143. The fourth-order valence-corrected chi connectivity index (χ4v) is 2.48. The van der Waals surface area contributed by atoms with Crippen molar-refractivity contribution in [2.45, 2.75) is 13.5 Å². The molecule has 3 rings (SSSR count). The monoisotopic (exact) mass is 376 g/mol. The maximum absolute atomic E-state index is 12.3. The van der Waals surface area contributed by atoms with Gasteiger partial charge in [-0.15, -0.1) is 5.10 Å². The molecule has 0 atom stereocenters. The normalized spacial score (nSPS) is 10.8. The lowest BCUT2D eigenvalue weighted by atomic mass is 10.2. The van der Waals surface area contributed by atoms with Crippen molar-refractivity contribution in [3.63, 3.8) is 0 Å². The molecular formula is C21H20N4O3. The Morgan fingerprint density at radius 1 is 1.11 bits per heavy atom. The van der Waals surface area contributed by atoms with Gasteiger partial charge in [-0.25, -0.2) is 9.48 Å². The lowest BCUT2D eigenvalue weighted by Gasteiger charge is -2.03. The number of hydrogen-bond donors (Lipinski definition) is 1. The van der Waals surface area contributed by atoms with Gasteiger partial charge in [-0.1, -0.05) is 47.7 Å². The van der Waals surface area contributed by atoms with E-state index >= 15 is 0 Å². The minimum Gasteiger partial charge on any atom is -0.463 e. The standard InChI is InChI=1S/C21H20N4O3/c1-2-28-20(26)13-10-16-8-11-18(12-9-16)22-21(27)19-15-25(24-23-19)14-17-6-4-3-5-7-17/h3-13,15H,2,14H2,1H3,(H,22,27)/b13-10+. The Hall–Kier alpha value is -3.74. The SMILES string of the molecule is CCOC(=O)/C=C/c1ccc(NC(=O)c2cn(Cc3ccccc3)nn2)cc1. The van der Waals surface area contributed by atoms with Crippen LogP contribution in [0, 0.1) is 0 Å². The molecule has 0 bridgehead atoms. The second kappa shape index (κ2) is 9.27. The van der Waals surface area contributed by atoms with Gasteiger partial charge in [-0.2, -0.15) is 0 Å². The molecule has 7 heteroatoms. The predicted octanol–water partition coefficient (Wildman–Crippen LogP) is 3.16. The summed E-state index contributed by atoms with van der Waals surface area (Å²) in [5.74, 6) is -0.729. The van der Waals surface area contributed by atoms with Crippen LogP contribution < -0.4 is 5.32 Å². The van der Waals surface area contributed by atoms with Gasteiger partial charge in [-0.05, 0) is 36.3 Å². The number of aromatic nitrogens is 3. The van der Waals surface area contributed by atoms with E-state index in [4.69, 9.17) is 4.74 Å². The lowest BCUT2D eigenvalue weighted by molar-refractivity contribution is -0.137. The van der Waals surface area contributed by atoms with Crippen LogP contribution in [0.15, 0.2) is 66.9 Å². The average molecular weight is 376 g/mol. The number of nitrogens with one attached hydrogen (secondary N) is 1. The maximum atomic E-state index is 12.3. The van der Waals surface area contributed by atoms with Crippen LogP contribution >= 0.6 is 0 Å². The van der Waals surface area contributed by atoms with Crippen molar-refractivity contribution in [1.82, 2.24) is 15.0 Å². The Bertz CT molecular complexity index is 963. The van der Waals surface area contributed by atoms with Crippen LogP contribution in [0.3, 0.4) is 0 Å². The van der Waals surface area contributed by atoms with Crippen LogP contribution in [0.2, 0.25) is 0 Å². The zero-order chi connectivity index (χ0) is 19.8. The molecule has 3 aromatic rings. The molecule has 0 radical (unpaired) electrons. The Labute approximate surface area is 162 Å². The number of esters is 1. The Morgan fingerprint density at radius 2 is 1.86 bits per heavy atom. The second-order valence-corrected chi connectivity index (χ2v) is 5.95. The highest BCUT2D eigenvalue weighted by molar-refractivity contribution is 6.02. The quantitative estimate of drug-likeness (QED) is 0.506. The summed E-state index contributed by atoms with van der Waals surface area (Å²) in [4.78, 5) is 23.7. The third-order valence-electron chi connectivity index (χ3n) is 3.83. The number of rotatable bonds is 7. The van der Waals surface area contributed by atoms with Gasteiger partial charge in [0.25, 0.3) is 5.91 Å². The van der Waals surface area contributed by atoms with Crippen molar-refractivity contribution in [2.75, 3.05) is 11.9 Å². The molecule has 0 aliphatic rings. The molecule has 0 unspecified atom stereocenters. The number of amides is 1. The summed E-state index contributed by atoms with van der Waals surface area (Å²) in [5, 5.41) is 10.7. The first kappa shape index (κ1) is 19.0. The van der Waals surface area contributed by atoms with Crippen molar-refractivity contribution in [3.8, 4) is 0 Å². The van der Waals surface area contributed by atoms with Gasteiger partial charge in [0.15, 0.2) is 5.69 Å². The number of carbonyl (C=O) groups is 2. The van der Waals surface area contributed by atoms with Crippen LogP contribution in [0.5, 0.6) is 0 Å². The van der Waals surface area contributed by atoms with E-state index in [-0.39, 0.29) is 11.6 Å². The fourth-order valence-electron chi connectivity index (χ4n) is 2.48. The number of hydrogen-bond acceptors (Lipinski definition) is 5. The number of carbonyl (C=O) groups excluding carboxylic acids is 2. The molecule has 0 saturated heterocycles. The van der Waals surface area contributed by atoms with E-state index in [0.29, 0.717) is 18.8 Å². The van der Waals surface area contributed by atoms with Gasteiger partial charge in [-0.3, -0.25) is 4.79 Å². The molecule has 7 nitrogen and oxygen atoms in total. The summed E-state index contributed by atoms with van der Waals surface area (Å²) in [6.45, 7) is 2.64. The van der Waals surface area contributed by atoms with E-state index in [0.717, 1.165) is 11.1 Å². The number of nitrogens with zero attached hydrogens (tertiary/aromatic N) is 3. The highest BCUT2D eigenvalue weighted by Gasteiger charge is 2.11. The molecule has 1 N–H and O–H groups in total. The summed E-state index contributed by atoms with van der Waals surface area (Å²) in [6, 6.07) is 16.9. The molecule has 1 aromatic heterocycles. The van der Waals surface area contributed by atoms with Crippen molar-refractivity contribution in [3.05, 3.63) is 83.7 Å². The van der Waals surface area contributed by atoms with Crippen molar-refractivity contribution in [2.24, 2.45) is 0 Å². The maximum Gasteiger partial charge on any atom is 0.330 e. The molecule has 0 fully saturated rings. The summed E-state index contributed by atoms with van der Waals surface area (Å²) < 4.78 is 6.45. The zero-order valence-corrected chi connectivity index (χ0v) is 15.4. The highest BCUT2D eigenvalue weighted by Crippen LogP contribution is 2.12. The van der Waals surface area contributed by atoms with Gasteiger partial charge < -0.3 is 10.1 Å². The first-order valence-corrected chi connectivity index (χ1v) is 8.84. The zero-order valence-electron chi connectivity index (χ0n) is 15.4. The highest BCUT2D eigenvalue weighted by atomic mass is 16.5. The van der Waals surface area contributed by atoms with Crippen LogP contribution in [0.25, 0.3) is 6.08 Å². The average Bonchev–Trinajstić information content (AvgIpc) is 3.17. The van der Waals surface area contributed by atoms with Crippen LogP contribution in [0.4, 0.5) is 5.69 Å². The second-order valence-electron chi connectivity index (χ2n) is 5.95. The number of anilines is 1. The summed E-state index contributed by atoms with van der Waals surface area (Å²) in [7, 11) is 0. The molecule has 0 spiro atoms. The first-order chi connectivity index (χ1) is 13.6. The van der Waals surface area contributed by atoms with Crippen LogP contribution in [-0.4, -0.2) is 33.5 Å². The van der Waals surface area contributed by atoms with Crippen molar-refractivity contribution < 1.29 is 14.3 Å². The minimum atomic E-state index is -0.390. The number of benzene rings is 2. The third-order valence-corrected chi connectivity index (χ3v) is 3.83. The Balaban J connectivity index is 1.58. The van der Waals surface area contributed by atoms with Crippen molar-refractivity contribution >= 4 is 23.6 Å². The molecule has 28 heavy (non-hydrogen) atoms. The molecule has 2 aromatic carbocycles. The summed E-state index contributed by atoms with van der Waals surface area (Å²) >= 11 is 0. The minimum absolute atomic E-state index is 0.238. The molecule has 142 valence electrons. The molecule has 1 amide bonds. The van der Waals surface area contributed by atoms with E-state index in [2.05, 4.69) is 15.6 Å². The van der Waals surface area contributed by atoms with Crippen molar-refractivity contribution in [1.29, 1.82) is 0 Å². The lowest BCUT2D eigenvalue weighted by Crippen LogP contribution is -2.12. The van der Waals surface area contributed by atoms with Crippen LogP contribution in [-0.2, 0) is 16.1 Å². The molecule has 1 heterocycles. The Kier molecular flexibility index (Phi) is 6.30. The van der Waals surface area contributed by atoms with E-state index in [1.165, 1.54) is 6.08 Å². The largest absolute Gasteiger partial charge is 0.463 e.